The second kappa shape index (κ2) is 4.49. The molecule has 2 aliphatic heterocycles. The molecule has 6 heteroatoms. The largest absolute Gasteiger partial charge is 0.464 e. The number of rotatable bonds is 1. The summed E-state index contributed by atoms with van der Waals surface area (Å²) in [6.07, 6.45) is 0. The molecular weight excluding hydrogens is 294 g/mol. The van der Waals surface area contributed by atoms with Crippen LogP contribution in [0.1, 0.15) is 16.4 Å². The Balaban J connectivity index is 1.91. The minimum Gasteiger partial charge on any atom is -0.464 e. The molecule has 20 heavy (non-hydrogen) atoms. The lowest BCUT2D eigenvalue weighted by molar-refractivity contribution is -0.141. The zero-order valence-electron chi connectivity index (χ0n) is 10.4. The number of carbonyl (C=O) groups excluding carboxylic acids is 1. The number of esters is 1. The highest BCUT2D eigenvalue weighted by molar-refractivity contribution is 8.00. The number of nitrogens with one attached hydrogen (secondary N) is 1. The van der Waals surface area contributed by atoms with Crippen LogP contribution in [0, 0.1) is 5.92 Å². The number of cyclic esters (lactones) is 1. The van der Waals surface area contributed by atoms with Gasteiger partial charge in [-0.05, 0) is 5.56 Å². The predicted molar refractivity (Wildman–Crippen MR) is 77.3 cm³/mol. The van der Waals surface area contributed by atoms with Gasteiger partial charge in [0.25, 0.3) is 0 Å². The Morgan fingerprint density at radius 2 is 2.00 bits per heavy atom. The Labute approximate surface area is 123 Å². The van der Waals surface area contributed by atoms with Crippen LogP contribution in [0.15, 0.2) is 40.2 Å². The minimum atomic E-state index is -0.193. The van der Waals surface area contributed by atoms with Crippen molar-refractivity contribution in [3.05, 3.63) is 50.4 Å². The monoisotopic (exact) mass is 305 g/mol. The summed E-state index contributed by atoms with van der Waals surface area (Å²) >= 11 is 2.76. The van der Waals surface area contributed by atoms with Gasteiger partial charge in [0, 0.05) is 10.8 Å². The van der Waals surface area contributed by atoms with E-state index in [4.69, 9.17) is 4.74 Å². The Hall–Kier alpha value is -1.53. The van der Waals surface area contributed by atoms with Gasteiger partial charge in [0.05, 0.1) is 16.2 Å². The third-order valence-electron chi connectivity index (χ3n) is 3.77. The van der Waals surface area contributed by atoms with E-state index in [1.807, 2.05) is 30.3 Å². The topological polar surface area (TPSA) is 59.2 Å². The van der Waals surface area contributed by atoms with Gasteiger partial charge in [-0.25, -0.2) is 0 Å². The molecular formula is C14H11NO3S2. The minimum absolute atomic E-state index is 0.0585. The van der Waals surface area contributed by atoms with E-state index in [0.717, 1.165) is 15.5 Å². The van der Waals surface area contributed by atoms with Crippen LogP contribution in [-0.4, -0.2) is 22.8 Å². The summed E-state index contributed by atoms with van der Waals surface area (Å²) < 4.78 is 5.24. The van der Waals surface area contributed by atoms with Gasteiger partial charge < -0.3 is 9.72 Å². The molecule has 3 atom stereocenters. The fourth-order valence-corrected chi connectivity index (χ4v) is 5.41. The number of thiazole rings is 1. The summed E-state index contributed by atoms with van der Waals surface area (Å²) in [5, 5.41) is 0.985. The van der Waals surface area contributed by atoms with Crippen molar-refractivity contribution in [1.82, 2.24) is 4.98 Å². The van der Waals surface area contributed by atoms with Gasteiger partial charge >= 0.3 is 10.8 Å². The fourth-order valence-electron chi connectivity index (χ4n) is 2.93. The van der Waals surface area contributed by atoms with Crippen molar-refractivity contribution in [2.75, 3.05) is 6.61 Å². The van der Waals surface area contributed by atoms with Gasteiger partial charge in [-0.3, -0.25) is 9.59 Å². The summed E-state index contributed by atoms with van der Waals surface area (Å²) in [5.41, 5.74) is 1.07. The second-order valence-electron chi connectivity index (χ2n) is 4.91. The molecule has 0 saturated carbocycles. The van der Waals surface area contributed by atoms with Crippen LogP contribution in [0.2, 0.25) is 0 Å². The molecule has 4 rings (SSSR count). The Morgan fingerprint density at radius 1 is 1.20 bits per heavy atom. The lowest BCUT2D eigenvalue weighted by Crippen LogP contribution is -2.29. The highest BCUT2D eigenvalue weighted by Gasteiger charge is 2.49. The molecule has 0 amide bonds. The number of aromatic nitrogens is 1. The molecule has 4 nitrogen and oxygen atoms in total. The standard InChI is InChI=1S/C14H11NO3S2/c16-13-10-8(6-18-13)19-12-11(20-14(17)15-12)9(10)7-4-2-1-3-5-7/h1-5,8-10H,6H2,(H,15,17)/t8-,9-,10+/m1/s1. The SMILES string of the molecule is O=C1OC[C@H]2Sc3[nH]c(=O)sc3[C@H](c3ccccc3)[C@@H]12. The first kappa shape index (κ1) is 12.2. The van der Waals surface area contributed by atoms with Gasteiger partial charge in [-0.2, -0.15) is 0 Å². The molecule has 0 radical (unpaired) electrons. The lowest BCUT2D eigenvalue weighted by Gasteiger charge is -2.29. The first-order chi connectivity index (χ1) is 9.74. The van der Waals surface area contributed by atoms with Gasteiger partial charge in [0.2, 0.25) is 0 Å². The van der Waals surface area contributed by atoms with E-state index in [0.29, 0.717) is 6.61 Å². The highest BCUT2D eigenvalue weighted by Crippen LogP contribution is 2.51. The maximum atomic E-state index is 12.1. The molecule has 1 fully saturated rings. The van der Waals surface area contributed by atoms with Crippen molar-refractivity contribution in [2.45, 2.75) is 16.2 Å². The van der Waals surface area contributed by atoms with E-state index >= 15 is 0 Å². The Bertz CT molecular complexity index is 722. The Kier molecular flexibility index (Phi) is 2.75. The van der Waals surface area contributed by atoms with E-state index in [1.54, 1.807) is 11.8 Å². The van der Waals surface area contributed by atoms with Crippen LogP contribution >= 0.6 is 23.1 Å². The normalized spacial score (nSPS) is 27.8. The zero-order valence-corrected chi connectivity index (χ0v) is 12.0. The molecule has 102 valence electrons. The maximum absolute atomic E-state index is 12.1. The van der Waals surface area contributed by atoms with E-state index in [-0.39, 0.29) is 27.9 Å². The molecule has 1 saturated heterocycles. The number of thioether (sulfide) groups is 1. The van der Waals surface area contributed by atoms with E-state index in [9.17, 15) is 9.59 Å². The summed E-state index contributed by atoms with van der Waals surface area (Å²) in [5.74, 6) is -0.416. The number of ether oxygens (including phenoxy) is 1. The van der Waals surface area contributed by atoms with Gasteiger partial charge in [0.1, 0.15) is 6.61 Å². The van der Waals surface area contributed by atoms with Gasteiger partial charge in [0.15, 0.2) is 0 Å². The average Bonchev–Trinajstić information content (AvgIpc) is 3.00. The maximum Gasteiger partial charge on any atom is 0.311 e. The quantitative estimate of drug-likeness (QED) is 0.821. The number of benzene rings is 1. The number of hydrogen-bond acceptors (Lipinski definition) is 5. The smallest absolute Gasteiger partial charge is 0.311 e. The molecule has 0 aliphatic carbocycles. The van der Waals surface area contributed by atoms with E-state index in [1.165, 1.54) is 11.3 Å². The van der Waals surface area contributed by atoms with Crippen molar-refractivity contribution >= 4 is 29.1 Å². The van der Waals surface area contributed by atoms with Crippen molar-refractivity contribution in [2.24, 2.45) is 5.92 Å². The molecule has 1 aromatic carbocycles. The summed E-state index contributed by atoms with van der Waals surface area (Å²) in [6.45, 7) is 0.425. The van der Waals surface area contributed by atoms with E-state index < -0.39 is 0 Å². The number of fused-ring (bicyclic) bond motifs is 2. The molecule has 1 N–H and O–H groups in total. The van der Waals surface area contributed by atoms with Gasteiger partial charge in [-0.15, -0.1) is 0 Å². The van der Waals surface area contributed by atoms with Crippen LogP contribution in [0.25, 0.3) is 0 Å². The van der Waals surface area contributed by atoms with Crippen LogP contribution in [-0.2, 0) is 9.53 Å². The predicted octanol–water partition coefficient (Wildman–Crippen LogP) is 2.22. The third-order valence-corrected chi connectivity index (χ3v) is 6.16. The second-order valence-corrected chi connectivity index (χ2v) is 7.17. The summed E-state index contributed by atoms with van der Waals surface area (Å²) in [6, 6.07) is 9.89. The third kappa shape index (κ3) is 1.75. The van der Waals surface area contributed by atoms with Crippen LogP contribution in [0.5, 0.6) is 0 Å². The van der Waals surface area contributed by atoms with Crippen LogP contribution < -0.4 is 4.87 Å². The molecule has 2 aliphatic rings. The molecule has 2 aromatic rings. The molecule has 0 bridgehead atoms. The molecule has 0 unspecified atom stereocenters. The summed E-state index contributed by atoms with van der Waals surface area (Å²) in [4.78, 5) is 27.5. The average molecular weight is 305 g/mol. The molecule has 0 spiro atoms. The van der Waals surface area contributed by atoms with Gasteiger partial charge in [-0.1, -0.05) is 53.4 Å². The van der Waals surface area contributed by atoms with Crippen LogP contribution in [0.3, 0.4) is 0 Å². The number of H-pyrrole nitrogens is 1. The van der Waals surface area contributed by atoms with Crippen molar-refractivity contribution in [3.63, 3.8) is 0 Å². The van der Waals surface area contributed by atoms with Crippen molar-refractivity contribution < 1.29 is 9.53 Å². The van der Waals surface area contributed by atoms with Crippen molar-refractivity contribution in [1.29, 1.82) is 0 Å². The number of aromatic amines is 1. The number of carbonyl (C=O) groups is 1. The van der Waals surface area contributed by atoms with Crippen LogP contribution in [0.4, 0.5) is 0 Å². The van der Waals surface area contributed by atoms with E-state index in [2.05, 4.69) is 4.98 Å². The Morgan fingerprint density at radius 3 is 2.80 bits per heavy atom. The summed E-state index contributed by atoms with van der Waals surface area (Å²) in [7, 11) is 0. The fraction of sp³-hybridized carbons (Fsp3) is 0.286. The zero-order chi connectivity index (χ0) is 13.7. The number of hydrogen-bond donors (Lipinski definition) is 1. The molecule has 3 heterocycles. The lowest BCUT2D eigenvalue weighted by atomic mass is 9.83. The highest BCUT2D eigenvalue weighted by atomic mass is 32.2. The molecule has 1 aromatic heterocycles. The first-order valence-electron chi connectivity index (χ1n) is 6.35. The van der Waals surface area contributed by atoms with Crippen molar-refractivity contribution in [3.8, 4) is 0 Å². The first-order valence-corrected chi connectivity index (χ1v) is 8.05.